The molecule has 0 aromatic heterocycles. The van der Waals surface area contributed by atoms with Crippen molar-refractivity contribution in [2.75, 3.05) is 0 Å². The van der Waals surface area contributed by atoms with Gasteiger partial charge in [0.2, 0.25) is 0 Å². The highest BCUT2D eigenvalue weighted by Gasteiger charge is 2.08. The minimum Gasteiger partial charge on any atom is -0.388 e. The van der Waals surface area contributed by atoms with Crippen molar-refractivity contribution in [3.63, 3.8) is 0 Å². The first-order valence-corrected chi connectivity index (χ1v) is 5.76. The molecule has 0 aliphatic heterocycles. The SMILES string of the molecule is CCCCC(O)c1ccccc1I. The zero-order valence-corrected chi connectivity index (χ0v) is 9.99. The average Bonchev–Trinajstić information content (AvgIpc) is 2.15. The van der Waals surface area contributed by atoms with Crippen molar-refractivity contribution >= 4 is 22.6 Å². The molecule has 0 radical (unpaired) electrons. The minimum atomic E-state index is -0.284. The van der Waals surface area contributed by atoms with E-state index in [9.17, 15) is 5.11 Å². The Bertz CT molecular complexity index is 260. The Morgan fingerprint density at radius 3 is 2.69 bits per heavy atom. The molecule has 0 saturated heterocycles. The maximum Gasteiger partial charge on any atom is 0.0800 e. The molecule has 13 heavy (non-hydrogen) atoms. The van der Waals surface area contributed by atoms with Crippen LogP contribution in [-0.4, -0.2) is 5.11 Å². The lowest BCUT2D eigenvalue weighted by Gasteiger charge is -2.11. The van der Waals surface area contributed by atoms with Crippen LogP contribution in [0, 0.1) is 3.57 Å². The van der Waals surface area contributed by atoms with Gasteiger partial charge in [0.15, 0.2) is 0 Å². The molecule has 1 unspecified atom stereocenters. The van der Waals surface area contributed by atoms with Crippen molar-refractivity contribution < 1.29 is 5.11 Å². The Kier molecular flexibility index (Phi) is 4.73. The second kappa shape index (κ2) is 5.60. The van der Waals surface area contributed by atoms with Gasteiger partial charge in [-0.2, -0.15) is 0 Å². The summed E-state index contributed by atoms with van der Waals surface area (Å²) in [5, 5.41) is 9.83. The maximum atomic E-state index is 9.83. The molecule has 0 heterocycles. The third-order valence-electron chi connectivity index (χ3n) is 2.10. The summed E-state index contributed by atoms with van der Waals surface area (Å²) in [5.74, 6) is 0. The van der Waals surface area contributed by atoms with Crippen LogP contribution in [0.1, 0.15) is 37.9 Å². The van der Waals surface area contributed by atoms with Crippen LogP contribution in [0.4, 0.5) is 0 Å². The second-order valence-corrected chi connectivity index (χ2v) is 4.34. The van der Waals surface area contributed by atoms with Gasteiger partial charge in [0.05, 0.1) is 6.10 Å². The monoisotopic (exact) mass is 290 g/mol. The van der Waals surface area contributed by atoms with Crippen molar-refractivity contribution in [3.05, 3.63) is 33.4 Å². The molecule has 1 atom stereocenters. The van der Waals surface area contributed by atoms with Crippen LogP contribution in [-0.2, 0) is 0 Å². The summed E-state index contributed by atoms with van der Waals surface area (Å²) >= 11 is 2.27. The molecule has 0 fully saturated rings. The molecule has 1 aromatic carbocycles. The van der Waals surface area contributed by atoms with E-state index in [1.54, 1.807) is 0 Å². The van der Waals surface area contributed by atoms with E-state index in [4.69, 9.17) is 0 Å². The lowest BCUT2D eigenvalue weighted by molar-refractivity contribution is 0.163. The van der Waals surface area contributed by atoms with Crippen LogP contribution in [0.2, 0.25) is 0 Å². The molecule has 1 N–H and O–H groups in total. The van der Waals surface area contributed by atoms with Gasteiger partial charge >= 0.3 is 0 Å². The van der Waals surface area contributed by atoms with Gasteiger partial charge in [-0.3, -0.25) is 0 Å². The molecule has 72 valence electrons. The quantitative estimate of drug-likeness (QED) is 0.841. The molecule has 0 aliphatic rings. The Morgan fingerprint density at radius 2 is 2.08 bits per heavy atom. The number of benzene rings is 1. The number of hydrogen-bond donors (Lipinski definition) is 1. The van der Waals surface area contributed by atoms with E-state index < -0.39 is 0 Å². The summed E-state index contributed by atoms with van der Waals surface area (Å²) in [6.45, 7) is 2.14. The van der Waals surface area contributed by atoms with E-state index in [2.05, 4.69) is 29.5 Å². The lowest BCUT2D eigenvalue weighted by Crippen LogP contribution is -1.99. The predicted molar refractivity (Wildman–Crippen MR) is 63.6 cm³/mol. The highest BCUT2D eigenvalue weighted by Crippen LogP contribution is 2.23. The van der Waals surface area contributed by atoms with Crippen LogP contribution in [0.3, 0.4) is 0 Å². The molecule has 0 bridgehead atoms. The highest BCUT2D eigenvalue weighted by atomic mass is 127. The van der Waals surface area contributed by atoms with Crippen molar-refractivity contribution in [3.8, 4) is 0 Å². The molecule has 1 aromatic rings. The first-order chi connectivity index (χ1) is 6.25. The summed E-state index contributed by atoms with van der Waals surface area (Å²) < 4.78 is 1.16. The van der Waals surface area contributed by atoms with Crippen molar-refractivity contribution in [1.29, 1.82) is 0 Å². The van der Waals surface area contributed by atoms with Crippen molar-refractivity contribution in [2.45, 2.75) is 32.3 Å². The number of unbranched alkanes of at least 4 members (excludes halogenated alkanes) is 1. The Balaban J connectivity index is 2.65. The summed E-state index contributed by atoms with van der Waals surface area (Å²) in [5.41, 5.74) is 1.07. The predicted octanol–water partition coefficient (Wildman–Crippen LogP) is 3.51. The van der Waals surface area contributed by atoms with E-state index in [1.807, 2.05) is 24.3 Å². The molecular weight excluding hydrogens is 275 g/mol. The van der Waals surface area contributed by atoms with Crippen molar-refractivity contribution in [1.82, 2.24) is 0 Å². The average molecular weight is 290 g/mol. The van der Waals surface area contributed by atoms with Crippen LogP contribution < -0.4 is 0 Å². The van der Waals surface area contributed by atoms with Crippen LogP contribution in [0.25, 0.3) is 0 Å². The Labute approximate surface area is 93.3 Å². The van der Waals surface area contributed by atoms with E-state index in [-0.39, 0.29) is 6.10 Å². The van der Waals surface area contributed by atoms with Gasteiger partial charge in [-0.15, -0.1) is 0 Å². The fraction of sp³-hybridized carbons (Fsp3) is 0.455. The standard InChI is InChI=1S/C11H15IO/c1-2-3-8-11(13)9-6-4-5-7-10(9)12/h4-7,11,13H,2-3,8H2,1H3. The van der Waals surface area contributed by atoms with Gasteiger partial charge in [0.1, 0.15) is 0 Å². The first-order valence-electron chi connectivity index (χ1n) is 4.68. The minimum absolute atomic E-state index is 0.284. The molecule has 0 amide bonds. The number of rotatable bonds is 4. The summed E-state index contributed by atoms with van der Waals surface area (Å²) in [4.78, 5) is 0. The van der Waals surface area contributed by atoms with E-state index in [1.165, 1.54) is 0 Å². The van der Waals surface area contributed by atoms with Gasteiger partial charge < -0.3 is 5.11 Å². The number of hydrogen-bond acceptors (Lipinski definition) is 1. The smallest absolute Gasteiger partial charge is 0.0800 e. The lowest BCUT2D eigenvalue weighted by atomic mass is 10.0. The van der Waals surface area contributed by atoms with E-state index in [0.717, 1.165) is 28.4 Å². The van der Waals surface area contributed by atoms with Gasteiger partial charge in [-0.05, 0) is 40.6 Å². The zero-order chi connectivity index (χ0) is 9.68. The summed E-state index contributed by atoms with van der Waals surface area (Å²) in [7, 11) is 0. The Morgan fingerprint density at radius 1 is 1.38 bits per heavy atom. The van der Waals surface area contributed by atoms with E-state index in [0.29, 0.717) is 0 Å². The molecule has 2 heteroatoms. The fourth-order valence-corrected chi connectivity index (χ4v) is 2.05. The van der Waals surface area contributed by atoms with Crippen LogP contribution in [0.5, 0.6) is 0 Å². The number of halogens is 1. The zero-order valence-electron chi connectivity index (χ0n) is 7.83. The molecule has 1 rings (SSSR count). The second-order valence-electron chi connectivity index (χ2n) is 3.18. The molecule has 0 saturated carbocycles. The molecule has 0 aliphatic carbocycles. The largest absolute Gasteiger partial charge is 0.388 e. The van der Waals surface area contributed by atoms with E-state index >= 15 is 0 Å². The van der Waals surface area contributed by atoms with Crippen LogP contribution >= 0.6 is 22.6 Å². The molecular formula is C11H15IO. The third kappa shape index (κ3) is 3.27. The normalized spacial score (nSPS) is 12.8. The highest BCUT2D eigenvalue weighted by molar-refractivity contribution is 14.1. The summed E-state index contributed by atoms with van der Waals surface area (Å²) in [6.07, 6.45) is 2.82. The number of aliphatic hydroxyl groups excluding tert-OH is 1. The topological polar surface area (TPSA) is 20.2 Å². The Hall–Kier alpha value is -0.0900. The van der Waals surface area contributed by atoms with Crippen LogP contribution in [0.15, 0.2) is 24.3 Å². The first kappa shape index (κ1) is 11.0. The van der Waals surface area contributed by atoms with Gasteiger partial charge in [0.25, 0.3) is 0 Å². The van der Waals surface area contributed by atoms with Crippen molar-refractivity contribution in [2.24, 2.45) is 0 Å². The fourth-order valence-electron chi connectivity index (χ4n) is 1.30. The number of aliphatic hydroxyl groups is 1. The molecule has 1 nitrogen and oxygen atoms in total. The van der Waals surface area contributed by atoms with Gasteiger partial charge in [0, 0.05) is 3.57 Å². The van der Waals surface area contributed by atoms with Gasteiger partial charge in [-0.1, -0.05) is 38.0 Å². The summed E-state index contributed by atoms with van der Waals surface area (Å²) in [6, 6.07) is 8.01. The maximum absolute atomic E-state index is 9.83. The molecule has 0 spiro atoms. The third-order valence-corrected chi connectivity index (χ3v) is 3.08. The van der Waals surface area contributed by atoms with Gasteiger partial charge in [-0.25, -0.2) is 0 Å².